The van der Waals surface area contributed by atoms with Crippen molar-refractivity contribution in [1.29, 1.82) is 0 Å². The van der Waals surface area contributed by atoms with Gasteiger partial charge in [0.2, 0.25) is 0 Å². The summed E-state index contributed by atoms with van der Waals surface area (Å²) in [6, 6.07) is 0.974. The first-order chi connectivity index (χ1) is 11.8. The van der Waals surface area contributed by atoms with Gasteiger partial charge in [0.05, 0.1) is 5.92 Å². The van der Waals surface area contributed by atoms with Crippen molar-refractivity contribution < 1.29 is 18.1 Å². The molecule has 0 bridgehead atoms. The summed E-state index contributed by atoms with van der Waals surface area (Å²) < 4.78 is 17.7. The maximum absolute atomic E-state index is 12.5. The number of hydrogen-bond acceptors (Lipinski definition) is 5. The Balaban J connectivity index is 4.42. The lowest BCUT2D eigenvalue weighted by Crippen LogP contribution is -2.45. The lowest BCUT2D eigenvalue weighted by atomic mass is 10.2. The number of nitrogens with zero attached hydrogens (tertiary/aromatic N) is 1. The molecule has 0 rings (SSSR count). The molecule has 0 amide bonds. The molecule has 156 valence electrons. The largest absolute Gasteiger partial charge is 0.519 e. The summed E-state index contributed by atoms with van der Waals surface area (Å²) in [7, 11) is -2.02. The summed E-state index contributed by atoms with van der Waals surface area (Å²) in [6.07, 6.45) is 1.02. The van der Waals surface area contributed by atoms with Crippen LogP contribution < -0.4 is 0 Å². The quantitative estimate of drug-likeness (QED) is 0.443. The smallest absolute Gasteiger partial charge is 0.334 e. The predicted molar refractivity (Wildman–Crippen MR) is 114 cm³/mol. The highest BCUT2D eigenvalue weighted by atomic mass is 28.4. The Morgan fingerprint density at radius 1 is 1.08 bits per heavy atom. The molecule has 1 unspecified atom stereocenters. The van der Waals surface area contributed by atoms with Crippen LogP contribution in [0.4, 0.5) is 0 Å². The summed E-state index contributed by atoms with van der Waals surface area (Å²) in [5.74, 6) is -0.178. The molecule has 1 atom stereocenters. The van der Waals surface area contributed by atoms with E-state index in [9.17, 15) is 4.79 Å². The highest BCUT2D eigenvalue weighted by Gasteiger charge is 2.41. The fraction of sp³-hybridized carbons (Fsp3) is 0.947. The van der Waals surface area contributed by atoms with Crippen molar-refractivity contribution >= 4 is 22.8 Å². The van der Waals surface area contributed by atoms with Crippen molar-refractivity contribution in [3.8, 4) is 0 Å². The minimum absolute atomic E-state index is 0.0436. The average Bonchev–Trinajstić information content (AvgIpc) is 2.45. The Hall–Kier alpha value is -0.216. The second-order valence-corrected chi connectivity index (χ2v) is 17.0. The van der Waals surface area contributed by atoms with Gasteiger partial charge in [0.1, 0.15) is 0 Å². The fourth-order valence-corrected chi connectivity index (χ4v) is 6.01. The maximum Gasteiger partial charge on any atom is 0.334 e. The van der Waals surface area contributed by atoms with Gasteiger partial charge in [-0.15, -0.1) is 0 Å². The van der Waals surface area contributed by atoms with Gasteiger partial charge >= 0.3 is 8.56 Å². The molecule has 0 aliphatic heterocycles. The average molecular weight is 406 g/mol. The molecular formula is C19H43NO4Si2. The molecule has 0 heterocycles. The molecule has 0 aromatic carbocycles. The Morgan fingerprint density at radius 2 is 1.58 bits per heavy atom. The van der Waals surface area contributed by atoms with Gasteiger partial charge in [-0.25, -0.2) is 0 Å². The first-order valence-corrected chi connectivity index (χ1v) is 15.4. The summed E-state index contributed by atoms with van der Waals surface area (Å²) in [6.45, 7) is 21.9. The van der Waals surface area contributed by atoms with Crippen LogP contribution in [-0.4, -0.2) is 61.1 Å². The van der Waals surface area contributed by atoms with Gasteiger partial charge < -0.3 is 18.2 Å². The van der Waals surface area contributed by atoms with Crippen LogP contribution in [0.15, 0.2) is 0 Å². The van der Waals surface area contributed by atoms with E-state index in [1.165, 1.54) is 0 Å². The molecule has 0 aromatic heterocycles. The third-order valence-electron chi connectivity index (χ3n) is 5.22. The standard InChI is InChI=1S/C19H43NO4Si2/c1-11-22-26(10,23-12-2)15-13-14-20(7)16-17(3)18(21)24-25(8,9)19(4,5)6/h17H,11-16H2,1-10H3. The van der Waals surface area contributed by atoms with Crippen LogP contribution in [0.3, 0.4) is 0 Å². The van der Waals surface area contributed by atoms with E-state index in [1.54, 1.807) is 0 Å². The van der Waals surface area contributed by atoms with E-state index in [4.69, 9.17) is 13.3 Å². The molecule has 0 aromatic rings. The summed E-state index contributed by atoms with van der Waals surface area (Å²) in [5, 5.41) is 0.0436. The highest BCUT2D eigenvalue weighted by Crippen LogP contribution is 2.37. The van der Waals surface area contributed by atoms with Gasteiger partial charge in [0.15, 0.2) is 0 Å². The minimum atomic E-state index is -2.05. The molecule has 0 fully saturated rings. The first kappa shape index (κ1) is 25.8. The second kappa shape index (κ2) is 10.9. The van der Waals surface area contributed by atoms with Gasteiger partial charge in [-0.3, -0.25) is 4.79 Å². The zero-order valence-corrected chi connectivity index (χ0v) is 20.9. The number of rotatable bonds is 12. The van der Waals surface area contributed by atoms with E-state index in [-0.39, 0.29) is 16.9 Å². The molecule has 0 radical (unpaired) electrons. The van der Waals surface area contributed by atoms with Gasteiger partial charge in [-0.2, -0.15) is 0 Å². The molecule has 0 aliphatic rings. The molecular weight excluding hydrogens is 362 g/mol. The summed E-state index contributed by atoms with van der Waals surface area (Å²) >= 11 is 0. The Morgan fingerprint density at radius 3 is 2.00 bits per heavy atom. The van der Waals surface area contributed by atoms with E-state index >= 15 is 0 Å². The van der Waals surface area contributed by atoms with Crippen molar-refractivity contribution in [3.05, 3.63) is 0 Å². The van der Waals surface area contributed by atoms with Crippen LogP contribution in [0, 0.1) is 5.92 Å². The van der Waals surface area contributed by atoms with Crippen LogP contribution in [-0.2, 0) is 18.1 Å². The number of carbonyl (C=O) groups is 1. The van der Waals surface area contributed by atoms with E-state index in [2.05, 4.69) is 52.4 Å². The zero-order chi connectivity index (χ0) is 20.6. The van der Waals surface area contributed by atoms with Crippen molar-refractivity contribution in [2.75, 3.05) is 33.4 Å². The normalized spacial score (nSPS) is 14.6. The number of hydrogen-bond donors (Lipinski definition) is 0. The third kappa shape index (κ3) is 9.12. The molecule has 0 saturated heterocycles. The Labute approximate surface area is 164 Å². The fourth-order valence-electron chi connectivity index (χ4n) is 2.61. The summed E-state index contributed by atoms with van der Waals surface area (Å²) in [5.41, 5.74) is 0. The summed E-state index contributed by atoms with van der Waals surface area (Å²) in [4.78, 5) is 14.7. The Kier molecular flexibility index (Phi) is 10.9. The van der Waals surface area contributed by atoms with Crippen LogP contribution in [0.25, 0.3) is 0 Å². The van der Waals surface area contributed by atoms with Crippen molar-refractivity contribution in [3.63, 3.8) is 0 Å². The molecule has 26 heavy (non-hydrogen) atoms. The van der Waals surface area contributed by atoms with Gasteiger partial charge in [0.25, 0.3) is 14.3 Å². The molecule has 0 spiro atoms. The molecule has 5 nitrogen and oxygen atoms in total. The van der Waals surface area contributed by atoms with E-state index in [0.717, 1.165) is 25.6 Å². The monoisotopic (exact) mass is 405 g/mol. The van der Waals surface area contributed by atoms with E-state index in [0.29, 0.717) is 13.2 Å². The highest BCUT2D eigenvalue weighted by molar-refractivity contribution is 6.75. The van der Waals surface area contributed by atoms with Crippen LogP contribution in [0.1, 0.15) is 48.0 Å². The third-order valence-corrected chi connectivity index (χ3v) is 12.6. The van der Waals surface area contributed by atoms with Gasteiger partial charge in [-0.1, -0.05) is 27.7 Å². The van der Waals surface area contributed by atoms with Crippen LogP contribution in [0.5, 0.6) is 0 Å². The second-order valence-electron chi connectivity index (χ2n) is 8.95. The van der Waals surface area contributed by atoms with Crippen molar-refractivity contribution in [2.24, 2.45) is 5.92 Å². The van der Waals surface area contributed by atoms with Crippen molar-refractivity contribution in [2.45, 2.75) is 78.7 Å². The Bertz CT molecular complexity index is 418. The lowest BCUT2D eigenvalue weighted by Gasteiger charge is -2.36. The topological polar surface area (TPSA) is 48.0 Å². The maximum atomic E-state index is 12.5. The minimum Gasteiger partial charge on any atom is -0.519 e. The van der Waals surface area contributed by atoms with Crippen LogP contribution >= 0.6 is 0 Å². The van der Waals surface area contributed by atoms with E-state index < -0.39 is 16.9 Å². The molecule has 0 aliphatic carbocycles. The van der Waals surface area contributed by atoms with Crippen molar-refractivity contribution in [1.82, 2.24) is 4.90 Å². The van der Waals surface area contributed by atoms with Crippen LogP contribution in [0.2, 0.25) is 30.7 Å². The first-order valence-electron chi connectivity index (χ1n) is 9.97. The zero-order valence-electron chi connectivity index (χ0n) is 18.9. The predicted octanol–water partition coefficient (Wildman–Crippen LogP) is 4.64. The van der Waals surface area contributed by atoms with E-state index in [1.807, 2.05) is 20.8 Å². The molecule has 0 saturated carbocycles. The SMILES string of the molecule is CCO[Si](C)(CCCN(C)CC(C)C(=O)O[Si](C)(C)C(C)(C)C)OCC. The lowest BCUT2D eigenvalue weighted by molar-refractivity contribution is -0.140. The number of carbonyl (C=O) groups excluding carboxylic acids is 1. The van der Waals surface area contributed by atoms with Gasteiger partial charge in [-0.05, 0) is 64.6 Å². The molecule has 7 heteroatoms. The molecule has 0 N–H and O–H groups in total. The van der Waals surface area contributed by atoms with Gasteiger partial charge in [0, 0.05) is 19.8 Å².